The number of hydrogen-bond donors (Lipinski definition) is 2. The quantitative estimate of drug-likeness (QED) is 0.731. The van der Waals surface area contributed by atoms with Crippen molar-refractivity contribution < 1.29 is 9.59 Å². The number of carbonyl (C=O) groups is 2. The zero-order valence-corrected chi connectivity index (χ0v) is 9.58. The van der Waals surface area contributed by atoms with E-state index in [4.69, 9.17) is 5.73 Å². The zero-order chi connectivity index (χ0) is 12.0. The number of hydrogen-bond acceptors (Lipinski definition) is 5. The summed E-state index contributed by atoms with van der Waals surface area (Å²) in [6.07, 6.45) is 3.86. The average molecular weight is 240 g/mol. The molecule has 1 aromatic rings. The summed E-state index contributed by atoms with van der Waals surface area (Å²) < 4.78 is 0. The van der Waals surface area contributed by atoms with Gasteiger partial charge in [0.15, 0.2) is 0 Å². The van der Waals surface area contributed by atoms with E-state index in [1.165, 1.54) is 11.3 Å². The molecule has 0 aliphatic rings. The third-order valence-electron chi connectivity index (χ3n) is 1.56. The van der Waals surface area contributed by atoms with Gasteiger partial charge in [-0.25, -0.2) is 0 Å². The highest BCUT2D eigenvalue weighted by Gasteiger charge is 2.05. The highest BCUT2D eigenvalue weighted by molar-refractivity contribution is 7.15. The summed E-state index contributed by atoms with van der Waals surface area (Å²) >= 11 is 1.32. The predicted molar refractivity (Wildman–Crippen MR) is 60.9 cm³/mol. The Kier molecular flexibility index (Phi) is 4.59. The predicted octanol–water partition coefficient (Wildman–Crippen LogP) is 0.471. The number of rotatable bonds is 5. The summed E-state index contributed by atoms with van der Waals surface area (Å²) in [7, 11) is 0. The number of nitrogens with two attached hydrogens (primary N) is 1. The van der Waals surface area contributed by atoms with E-state index in [2.05, 4.69) is 15.5 Å². The van der Waals surface area contributed by atoms with Gasteiger partial charge in [-0.1, -0.05) is 18.3 Å². The van der Waals surface area contributed by atoms with Gasteiger partial charge in [0.1, 0.15) is 5.01 Å². The van der Waals surface area contributed by atoms with Gasteiger partial charge in [-0.05, 0) is 6.42 Å². The molecule has 1 aromatic heterocycles. The van der Waals surface area contributed by atoms with E-state index in [0.717, 1.165) is 30.0 Å². The number of amides is 2. The number of primary amides is 1. The summed E-state index contributed by atoms with van der Waals surface area (Å²) in [6.45, 7) is 2.04. The smallest absolute Gasteiger partial charge is 0.250 e. The molecule has 0 spiro atoms. The molecule has 0 radical (unpaired) electrons. The van der Waals surface area contributed by atoms with Crippen LogP contribution in [0.2, 0.25) is 0 Å². The fourth-order valence-corrected chi connectivity index (χ4v) is 1.77. The summed E-state index contributed by atoms with van der Waals surface area (Å²) in [5.74, 6) is -1.11. The molecule has 0 aliphatic carbocycles. The first-order valence-electron chi connectivity index (χ1n) is 4.72. The van der Waals surface area contributed by atoms with Gasteiger partial charge >= 0.3 is 0 Å². The van der Waals surface area contributed by atoms with Crippen LogP contribution in [0, 0.1) is 0 Å². The van der Waals surface area contributed by atoms with Crippen molar-refractivity contribution in [2.75, 3.05) is 5.32 Å². The van der Waals surface area contributed by atoms with E-state index in [9.17, 15) is 9.59 Å². The third kappa shape index (κ3) is 4.18. The van der Waals surface area contributed by atoms with Gasteiger partial charge in [0.2, 0.25) is 16.9 Å². The first kappa shape index (κ1) is 12.3. The van der Waals surface area contributed by atoms with Crippen LogP contribution in [-0.4, -0.2) is 22.0 Å². The van der Waals surface area contributed by atoms with E-state index in [-0.39, 0.29) is 0 Å². The molecule has 0 bridgehead atoms. The van der Waals surface area contributed by atoms with Crippen molar-refractivity contribution >= 4 is 28.3 Å². The molecule has 0 saturated heterocycles. The van der Waals surface area contributed by atoms with Crippen LogP contribution in [0.4, 0.5) is 5.13 Å². The molecule has 2 amide bonds. The van der Waals surface area contributed by atoms with Crippen molar-refractivity contribution in [3.63, 3.8) is 0 Å². The van der Waals surface area contributed by atoms with Crippen LogP contribution in [0.15, 0.2) is 12.2 Å². The van der Waals surface area contributed by atoms with Crippen LogP contribution in [0.1, 0.15) is 18.4 Å². The lowest BCUT2D eigenvalue weighted by Crippen LogP contribution is -2.11. The van der Waals surface area contributed by atoms with E-state index in [0.29, 0.717) is 5.13 Å². The maximum Gasteiger partial charge on any atom is 0.250 e. The molecule has 86 valence electrons. The van der Waals surface area contributed by atoms with E-state index in [1.807, 2.05) is 6.92 Å². The minimum Gasteiger partial charge on any atom is -0.366 e. The second kappa shape index (κ2) is 5.96. The van der Waals surface area contributed by atoms with Crippen molar-refractivity contribution in [3.8, 4) is 0 Å². The Morgan fingerprint density at radius 2 is 2.19 bits per heavy atom. The standard InChI is InChI=1S/C9H12N4O2S/c1-2-3-8-12-13-9(16-8)11-7(15)5-4-6(10)14/h4-5H,2-3H2,1H3,(H2,10,14)(H,11,13,15). The molecule has 6 nitrogen and oxygen atoms in total. The molecule has 0 unspecified atom stereocenters. The van der Waals surface area contributed by atoms with Gasteiger partial charge < -0.3 is 5.73 Å². The van der Waals surface area contributed by atoms with Crippen molar-refractivity contribution in [1.29, 1.82) is 0 Å². The molecule has 1 rings (SSSR count). The second-order valence-corrected chi connectivity index (χ2v) is 4.04. The Morgan fingerprint density at radius 3 is 2.81 bits per heavy atom. The molecule has 3 N–H and O–H groups in total. The Hall–Kier alpha value is -1.76. The van der Waals surface area contributed by atoms with Gasteiger partial charge in [-0.15, -0.1) is 10.2 Å². The van der Waals surface area contributed by atoms with Gasteiger partial charge in [0, 0.05) is 18.6 Å². The number of nitrogens with zero attached hydrogens (tertiary/aromatic N) is 2. The van der Waals surface area contributed by atoms with Crippen LogP contribution in [0.25, 0.3) is 0 Å². The molecule has 16 heavy (non-hydrogen) atoms. The van der Waals surface area contributed by atoms with Crippen LogP contribution in [0.3, 0.4) is 0 Å². The van der Waals surface area contributed by atoms with Crippen LogP contribution in [0.5, 0.6) is 0 Å². The summed E-state index contributed by atoms with van der Waals surface area (Å²) in [6, 6.07) is 0. The Labute approximate surface area is 96.6 Å². The second-order valence-electron chi connectivity index (χ2n) is 2.98. The van der Waals surface area contributed by atoms with E-state index < -0.39 is 11.8 Å². The summed E-state index contributed by atoms with van der Waals surface area (Å²) in [5, 5.41) is 11.5. The van der Waals surface area contributed by atoms with Crippen molar-refractivity contribution in [2.45, 2.75) is 19.8 Å². The van der Waals surface area contributed by atoms with Gasteiger partial charge in [-0.3, -0.25) is 14.9 Å². The van der Waals surface area contributed by atoms with Crippen LogP contribution >= 0.6 is 11.3 Å². The Morgan fingerprint density at radius 1 is 1.44 bits per heavy atom. The third-order valence-corrected chi connectivity index (χ3v) is 2.46. The highest BCUT2D eigenvalue weighted by atomic mass is 32.1. The largest absolute Gasteiger partial charge is 0.366 e. The zero-order valence-electron chi connectivity index (χ0n) is 8.77. The van der Waals surface area contributed by atoms with Gasteiger partial charge in [-0.2, -0.15) is 0 Å². The molecule has 0 saturated carbocycles. The molecule has 1 heterocycles. The summed E-state index contributed by atoms with van der Waals surface area (Å²) in [4.78, 5) is 21.6. The topological polar surface area (TPSA) is 98.0 Å². The number of anilines is 1. The van der Waals surface area contributed by atoms with Gasteiger partial charge in [0.05, 0.1) is 0 Å². The lowest BCUT2D eigenvalue weighted by Gasteiger charge is -1.93. The lowest BCUT2D eigenvalue weighted by atomic mass is 10.4. The van der Waals surface area contributed by atoms with Crippen LogP contribution in [-0.2, 0) is 16.0 Å². The first-order valence-corrected chi connectivity index (χ1v) is 5.54. The molecule has 0 aromatic carbocycles. The highest BCUT2D eigenvalue weighted by Crippen LogP contribution is 2.16. The van der Waals surface area contributed by atoms with Crippen LogP contribution < -0.4 is 11.1 Å². The normalized spacial score (nSPS) is 10.6. The summed E-state index contributed by atoms with van der Waals surface area (Å²) in [5.41, 5.74) is 4.85. The molecule has 0 aliphatic heterocycles. The Bertz CT molecular complexity index is 413. The maximum absolute atomic E-state index is 11.2. The minimum absolute atomic E-state index is 0.419. The number of nitrogens with one attached hydrogen (secondary N) is 1. The molecular weight excluding hydrogens is 228 g/mol. The lowest BCUT2D eigenvalue weighted by molar-refractivity contribution is -0.115. The first-order chi connectivity index (χ1) is 7.61. The van der Waals surface area contributed by atoms with Crippen molar-refractivity contribution in [3.05, 3.63) is 17.2 Å². The fourth-order valence-electron chi connectivity index (χ4n) is 0.924. The van der Waals surface area contributed by atoms with Gasteiger partial charge in [0.25, 0.3) is 0 Å². The van der Waals surface area contributed by atoms with E-state index in [1.54, 1.807) is 0 Å². The molecule has 0 fully saturated rings. The van der Waals surface area contributed by atoms with Crippen molar-refractivity contribution in [1.82, 2.24) is 10.2 Å². The number of aryl methyl sites for hydroxylation is 1. The Balaban J connectivity index is 2.52. The van der Waals surface area contributed by atoms with E-state index >= 15 is 0 Å². The fraction of sp³-hybridized carbons (Fsp3) is 0.333. The average Bonchev–Trinajstić information content (AvgIpc) is 2.63. The molecule has 0 atom stereocenters. The molecule has 7 heteroatoms. The van der Waals surface area contributed by atoms with Crippen molar-refractivity contribution in [2.24, 2.45) is 5.73 Å². The number of aromatic nitrogens is 2. The number of carbonyl (C=O) groups excluding carboxylic acids is 2. The SMILES string of the molecule is CCCc1nnc(NC(=O)C=CC(N)=O)s1. The maximum atomic E-state index is 11.2. The monoisotopic (exact) mass is 240 g/mol. The molecular formula is C9H12N4O2S. The minimum atomic E-state index is -0.668.